The van der Waals surface area contributed by atoms with Crippen LogP contribution >= 0.6 is 0 Å². The molecule has 1 heterocycles. The van der Waals surface area contributed by atoms with Crippen LogP contribution in [0, 0.1) is 0 Å². The molecule has 17 heavy (non-hydrogen) atoms. The smallest absolute Gasteiger partial charge is 0.358 e. The van der Waals surface area contributed by atoms with Gasteiger partial charge in [-0.25, -0.2) is 4.79 Å². The lowest BCUT2D eigenvalue weighted by molar-refractivity contribution is 0.0690. The molecule has 1 aromatic heterocycles. The van der Waals surface area contributed by atoms with E-state index in [0.29, 0.717) is 19.5 Å². The van der Waals surface area contributed by atoms with Crippen molar-refractivity contribution in [1.29, 1.82) is 0 Å². The van der Waals surface area contributed by atoms with Crippen LogP contribution in [-0.2, 0) is 6.54 Å². The van der Waals surface area contributed by atoms with Crippen molar-refractivity contribution in [2.75, 3.05) is 6.54 Å². The van der Waals surface area contributed by atoms with E-state index >= 15 is 0 Å². The van der Waals surface area contributed by atoms with Crippen molar-refractivity contribution in [3.8, 4) is 0 Å². The zero-order valence-electron chi connectivity index (χ0n) is 10.00. The van der Waals surface area contributed by atoms with Crippen LogP contribution in [0.5, 0.6) is 0 Å². The van der Waals surface area contributed by atoms with Crippen molar-refractivity contribution < 1.29 is 15.0 Å². The predicted molar refractivity (Wildman–Crippen MR) is 60.7 cm³/mol. The molecule has 0 saturated heterocycles. The van der Waals surface area contributed by atoms with Crippen molar-refractivity contribution in [2.24, 2.45) is 0 Å². The second-order valence-corrected chi connectivity index (χ2v) is 4.11. The Bertz CT molecular complexity index is 364. The molecule has 2 unspecified atom stereocenters. The van der Waals surface area contributed by atoms with Gasteiger partial charge in [0.1, 0.15) is 0 Å². The molecule has 0 radical (unpaired) electrons. The summed E-state index contributed by atoms with van der Waals surface area (Å²) in [7, 11) is 0. The van der Waals surface area contributed by atoms with Gasteiger partial charge < -0.3 is 15.5 Å². The van der Waals surface area contributed by atoms with E-state index < -0.39 is 5.97 Å². The number of nitrogens with one attached hydrogen (secondary N) is 1. The monoisotopic (exact) mass is 242 g/mol. The average Bonchev–Trinajstić information content (AvgIpc) is 2.65. The van der Waals surface area contributed by atoms with Crippen LogP contribution < -0.4 is 5.32 Å². The highest BCUT2D eigenvalue weighted by molar-refractivity contribution is 5.84. The molecule has 0 spiro atoms. The van der Waals surface area contributed by atoms with E-state index in [-0.39, 0.29) is 17.8 Å². The molecule has 1 aromatic rings. The second-order valence-electron chi connectivity index (χ2n) is 4.11. The minimum Gasteiger partial charge on any atom is -0.476 e. The molecular weight excluding hydrogens is 224 g/mol. The second kappa shape index (κ2) is 6.31. The van der Waals surface area contributed by atoms with Gasteiger partial charge in [0.15, 0.2) is 5.69 Å². The first kappa shape index (κ1) is 13.6. The van der Waals surface area contributed by atoms with Crippen LogP contribution in [0.15, 0.2) is 6.20 Å². The van der Waals surface area contributed by atoms with E-state index in [1.807, 2.05) is 6.92 Å². The maximum Gasteiger partial charge on any atom is 0.358 e. The first-order valence-electron chi connectivity index (χ1n) is 5.54. The van der Waals surface area contributed by atoms with E-state index in [9.17, 15) is 9.90 Å². The van der Waals surface area contributed by atoms with E-state index in [1.165, 1.54) is 10.9 Å². The van der Waals surface area contributed by atoms with Crippen molar-refractivity contribution in [3.63, 3.8) is 0 Å². The average molecular weight is 242 g/mol. The summed E-state index contributed by atoms with van der Waals surface area (Å²) in [4.78, 5) is 10.6. The fraction of sp³-hybridized carbons (Fsp3) is 0.700. The van der Waals surface area contributed by atoms with Gasteiger partial charge in [0.25, 0.3) is 0 Å². The lowest BCUT2D eigenvalue weighted by Crippen LogP contribution is -2.31. The highest BCUT2D eigenvalue weighted by Gasteiger charge is 2.08. The number of carboxylic acids is 1. The maximum atomic E-state index is 10.6. The van der Waals surface area contributed by atoms with Crippen LogP contribution in [0.3, 0.4) is 0 Å². The van der Waals surface area contributed by atoms with E-state index in [0.717, 1.165) is 0 Å². The SMILES string of the molecule is CC(O)CC(C)NCCn1cc(C(=O)O)nn1. The van der Waals surface area contributed by atoms with Gasteiger partial charge in [0.2, 0.25) is 0 Å². The molecule has 0 bridgehead atoms. The Kier molecular flexibility index (Phi) is 5.05. The molecule has 7 heteroatoms. The summed E-state index contributed by atoms with van der Waals surface area (Å²) in [5, 5.41) is 28.2. The highest BCUT2D eigenvalue weighted by atomic mass is 16.4. The van der Waals surface area contributed by atoms with Crippen LogP contribution in [0.4, 0.5) is 0 Å². The maximum absolute atomic E-state index is 10.6. The fourth-order valence-corrected chi connectivity index (χ4v) is 1.53. The largest absolute Gasteiger partial charge is 0.476 e. The summed E-state index contributed by atoms with van der Waals surface area (Å²) in [6.07, 6.45) is 1.74. The number of hydrogen-bond acceptors (Lipinski definition) is 5. The number of carbonyl (C=O) groups is 1. The number of rotatable bonds is 7. The number of aromatic carboxylic acids is 1. The van der Waals surface area contributed by atoms with Gasteiger partial charge in [0.05, 0.1) is 18.8 Å². The zero-order valence-corrected chi connectivity index (χ0v) is 10.00. The Morgan fingerprint density at radius 2 is 2.29 bits per heavy atom. The van der Waals surface area contributed by atoms with Gasteiger partial charge in [-0.15, -0.1) is 5.10 Å². The third kappa shape index (κ3) is 4.92. The Morgan fingerprint density at radius 1 is 1.59 bits per heavy atom. The number of nitrogens with zero attached hydrogens (tertiary/aromatic N) is 3. The minimum atomic E-state index is -1.08. The first-order chi connectivity index (χ1) is 7.99. The van der Waals surface area contributed by atoms with Crippen LogP contribution in [0.2, 0.25) is 0 Å². The third-order valence-electron chi connectivity index (χ3n) is 2.29. The van der Waals surface area contributed by atoms with Gasteiger partial charge >= 0.3 is 5.97 Å². The summed E-state index contributed by atoms with van der Waals surface area (Å²) in [6, 6.07) is 0.206. The fourth-order valence-electron chi connectivity index (χ4n) is 1.53. The molecule has 0 aromatic carbocycles. The molecule has 0 saturated carbocycles. The summed E-state index contributed by atoms with van der Waals surface area (Å²) in [5.41, 5.74) is -0.0537. The van der Waals surface area contributed by atoms with Crippen molar-refractivity contribution in [1.82, 2.24) is 20.3 Å². The molecule has 96 valence electrons. The topological polar surface area (TPSA) is 100 Å². The molecular formula is C10H18N4O3. The summed E-state index contributed by atoms with van der Waals surface area (Å²) in [6.45, 7) is 4.92. The molecule has 0 amide bonds. The van der Waals surface area contributed by atoms with Gasteiger partial charge in [-0.1, -0.05) is 5.21 Å². The van der Waals surface area contributed by atoms with E-state index in [4.69, 9.17) is 5.11 Å². The first-order valence-corrected chi connectivity index (χ1v) is 5.54. The van der Waals surface area contributed by atoms with Gasteiger partial charge in [-0.05, 0) is 20.3 Å². The minimum absolute atomic E-state index is 0.0537. The van der Waals surface area contributed by atoms with E-state index in [2.05, 4.69) is 15.6 Å². The van der Waals surface area contributed by atoms with Crippen LogP contribution in [0.1, 0.15) is 30.8 Å². The number of aliphatic hydroxyl groups is 1. The highest BCUT2D eigenvalue weighted by Crippen LogP contribution is 1.96. The summed E-state index contributed by atoms with van der Waals surface area (Å²) >= 11 is 0. The molecule has 0 aliphatic carbocycles. The standard InChI is InChI=1S/C10H18N4O3/c1-7(5-8(2)15)11-3-4-14-6-9(10(16)17)12-13-14/h6-8,11,15H,3-5H2,1-2H3,(H,16,17). The van der Waals surface area contributed by atoms with Gasteiger partial charge in [-0.2, -0.15) is 0 Å². The lowest BCUT2D eigenvalue weighted by Gasteiger charge is -2.14. The van der Waals surface area contributed by atoms with Crippen molar-refractivity contribution >= 4 is 5.97 Å². The van der Waals surface area contributed by atoms with Gasteiger partial charge in [0, 0.05) is 12.6 Å². The normalized spacial score (nSPS) is 14.5. The number of carboxylic acid groups (broad SMARTS) is 1. The summed E-state index contributed by atoms with van der Waals surface area (Å²) in [5.74, 6) is -1.08. The summed E-state index contributed by atoms with van der Waals surface area (Å²) < 4.78 is 1.48. The number of aliphatic hydroxyl groups excluding tert-OH is 1. The Hall–Kier alpha value is -1.47. The van der Waals surface area contributed by atoms with Crippen molar-refractivity contribution in [2.45, 2.75) is 39.0 Å². The molecule has 0 fully saturated rings. The zero-order chi connectivity index (χ0) is 12.8. The van der Waals surface area contributed by atoms with Crippen LogP contribution in [0.25, 0.3) is 0 Å². The third-order valence-corrected chi connectivity index (χ3v) is 2.29. The van der Waals surface area contributed by atoms with Crippen LogP contribution in [-0.4, -0.2) is 49.9 Å². The predicted octanol–water partition coefficient (Wildman–Crippen LogP) is -0.275. The molecule has 0 aliphatic heterocycles. The van der Waals surface area contributed by atoms with Gasteiger partial charge in [-0.3, -0.25) is 4.68 Å². The Labute approximate surface area is 99.4 Å². The quantitative estimate of drug-likeness (QED) is 0.608. The Morgan fingerprint density at radius 3 is 2.82 bits per heavy atom. The lowest BCUT2D eigenvalue weighted by atomic mass is 10.1. The van der Waals surface area contributed by atoms with E-state index in [1.54, 1.807) is 6.92 Å². The number of aromatic nitrogens is 3. The molecule has 2 atom stereocenters. The molecule has 0 aliphatic rings. The molecule has 7 nitrogen and oxygen atoms in total. The molecule has 3 N–H and O–H groups in total. The van der Waals surface area contributed by atoms with Crippen molar-refractivity contribution in [3.05, 3.63) is 11.9 Å². The Balaban J connectivity index is 2.28. The number of hydrogen-bond donors (Lipinski definition) is 3. The molecule has 1 rings (SSSR count).